The first-order valence-corrected chi connectivity index (χ1v) is 7.20. The van der Waals surface area contributed by atoms with Crippen LogP contribution >= 0.6 is 0 Å². The Morgan fingerprint density at radius 2 is 2.24 bits per heavy atom. The predicted molar refractivity (Wildman–Crippen MR) is 76.8 cm³/mol. The van der Waals surface area contributed by atoms with Crippen LogP contribution in [0.3, 0.4) is 0 Å². The van der Waals surface area contributed by atoms with Gasteiger partial charge >= 0.3 is 0 Å². The fraction of sp³-hybridized carbons (Fsp3) is 0.769. The highest BCUT2D eigenvalue weighted by atomic mass is 16.5. The van der Waals surface area contributed by atoms with E-state index in [1.807, 2.05) is 6.92 Å². The third kappa shape index (κ3) is 4.32. The zero-order chi connectivity index (χ0) is 15.8. The van der Waals surface area contributed by atoms with E-state index < -0.39 is 12.0 Å². The van der Waals surface area contributed by atoms with Crippen LogP contribution in [-0.4, -0.2) is 60.1 Å². The van der Waals surface area contributed by atoms with Crippen LogP contribution in [-0.2, 0) is 14.3 Å². The van der Waals surface area contributed by atoms with Crippen molar-refractivity contribution in [3.8, 4) is 0 Å². The van der Waals surface area contributed by atoms with Gasteiger partial charge in [0.25, 0.3) is 0 Å². The first kappa shape index (κ1) is 17.2. The summed E-state index contributed by atoms with van der Waals surface area (Å²) in [6.07, 6.45) is 1.21. The van der Waals surface area contributed by atoms with Crippen LogP contribution in [0.4, 0.5) is 0 Å². The van der Waals surface area contributed by atoms with E-state index in [9.17, 15) is 9.59 Å². The SMILES string of the molecule is CCCNC(=O)C1COCCN1C(=O)C(CC)C(N)=NO. The van der Waals surface area contributed by atoms with E-state index in [2.05, 4.69) is 10.5 Å². The molecule has 0 aromatic heterocycles. The molecule has 2 atom stereocenters. The summed E-state index contributed by atoms with van der Waals surface area (Å²) >= 11 is 0. The Labute approximate surface area is 124 Å². The number of hydrogen-bond acceptors (Lipinski definition) is 5. The van der Waals surface area contributed by atoms with Gasteiger partial charge < -0.3 is 25.9 Å². The fourth-order valence-electron chi connectivity index (χ4n) is 2.23. The normalized spacial score (nSPS) is 21.0. The number of nitrogens with one attached hydrogen (secondary N) is 1. The lowest BCUT2D eigenvalue weighted by Crippen LogP contribution is -2.58. The number of ether oxygens (including phenoxy) is 1. The van der Waals surface area contributed by atoms with Crippen LogP contribution in [0.15, 0.2) is 5.16 Å². The molecular weight excluding hydrogens is 276 g/mol. The van der Waals surface area contributed by atoms with Crippen LogP contribution < -0.4 is 11.1 Å². The molecule has 1 aliphatic heterocycles. The lowest BCUT2D eigenvalue weighted by atomic mass is 10.0. The molecule has 1 rings (SSSR count). The number of rotatable bonds is 6. The summed E-state index contributed by atoms with van der Waals surface area (Å²) in [7, 11) is 0. The van der Waals surface area contributed by atoms with Crippen molar-refractivity contribution in [2.45, 2.75) is 32.7 Å². The van der Waals surface area contributed by atoms with Crippen LogP contribution in [0, 0.1) is 5.92 Å². The molecule has 0 radical (unpaired) electrons. The molecule has 0 aliphatic carbocycles. The van der Waals surface area contributed by atoms with Gasteiger partial charge in [0.2, 0.25) is 11.8 Å². The van der Waals surface area contributed by atoms with Crippen LogP contribution in [0.2, 0.25) is 0 Å². The van der Waals surface area contributed by atoms with Crippen molar-refractivity contribution >= 4 is 17.6 Å². The summed E-state index contributed by atoms with van der Waals surface area (Å²) < 4.78 is 5.30. The number of hydrogen-bond donors (Lipinski definition) is 3. The lowest BCUT2D eigenvalue weighted by molar-refractivity contribution is -0.150. The Bertz CT molecular complexity index is 400. The molecule has 8 heteroatoms. The molecule has 0 spiro atoms. The Kier molecular flexibility index (Phi) is 6.93. The predicted octanol–water partition coefficient (Wildman–Crippen LogP) is -0.487. The van der Waals surface area contributed by atoms with E-state index in [1.54, 1.807) is 6.92 Å². The quantitative estimate of drug-likeness (QED) is 0.265. The van der Waals surface area contributed by atoms with Crippen molar-refractivity contribution < 1.29 is 19.5 Å². The van der Waals surface area contributed by atoms with Crippen LogP contribution in [0.5, 0.6) is 0 Å². The summed E-state index contributed by atoms with van der Waals surface area (Å²) in [5, 5.41) is 14.4. The number of oxime groups is 1. The number of nitrogens with zero attached hydrogens (tertiary/aromatic N) is 2. The van der Waals surface area contributed by atoms with E-state index in [-0.39, 0.29) is 24.3 Å². The van der Waals surface area contributed by atoms with E-state index in [4.69, 9.17) is 15.7 Å². The van der Waals surface area contributed by atoms with Gasteiger partial charge in [-0.3, -0.25) is 9.59 Å². The Morgan fingerprint density at radius 1 is 1.52 bits per heavy atom. The van der Waals surface area contributed by atoms with Crippen molar-refractivity contribution in [2.24, 2.45) is 16.8 Å². The minimum atomic E-state index is -0.727. The maximum absolute atomic E-state index is 12.5. The number of carbonyl (C=O) groups excluding carboxylic acids is 2. The van der Waals surface area contributed by atoms with Gasteiger partial charge in [0.1, 0.15) is 6.04 Å². The molecule has 8 nitrogen and oxygen atoms in total. The molecule has 4 N–H and O–H groups in total. The van der Waals surface area contributed by atoms with Crippen LogP contribution in [0.1, 0.15) is 26.7 Å². The lowest BCUT2D eigenvalue weighted by Gasteiger charge is -2.36. The molecular formula is C13H24N4O4. The van der Waals surface area contributed by atoms with Crippen molar-refractivity contribution in [2.75, 3.05) is 26.3 Å². The number of carbonyl (C=O) groups is 2. The molecule has 2 amide bonds. The van der Waals surface area contributed by atoms with Crippen molar-refractivity contribution in [1.82, 2.24) is 10.2 Å². The third-order valence-corrected chi connectivity index (χ3v) is 3.44. The number of amides is 2. The maximum Gasteiger partial charge on any atom is 0.245 e. The van der Waals surface area contributed by atoms with Gasteiger partial charge in [-0.2, -0.15) is 0 Å². The minimum absolute atomic E-state index is 0.137. The molecule has 1 fully saturated rings. The summed E-state index contributed by atoms with van der Waals surface area (Å²) in [6.45, 7) is 5.12. The van der Waals surface area contributed by atoms with Gasteiger partial charge in [-0.15, -0.1) is 0 Å². The van der Waals surface area contributed by atoms with Gasteiger partial charge in [0.05, 0.1) is 19.1 Å². The molecule has 0 aromatic rings. The van der Waals surface area contributed by atoms with Crippen LogP contribution in [0.25, 0.3) is 0 Å². The molecule has 21 heavy (non-hydrogen) atoms. The van der Waals surface area contributed by atoms with Gasteiger partial charge in [-0.1, -0.05) is 19.0 Å². The zero-order valence-electron chi connectivity index (χ0n) is 12.5. The molecule has 1 heterocycles. The highest BCUT2D eigenvalue weighted by Crippen LogP contribution is 2.15. The summed E-state index contributed by atoms with van der Waals surface area (Å²) in [5.74, 6) is -1.41. The summed E-state index contributed by atoms with van der Waals surface area (Å²) in [5.41, 5.74) is 5.56. The highest BCUT2D eigenvalue weighted by molar-refractivity contribution is 6.03. The molecule has 0 bridgehead atoms. The number of nitrogens with two attached hydrogens (primary N) is 1. The van der Waals surface area contributed by atoms with E-state index in [0.717, 1.165) is 6.42 Å². The van der Waals surface area contributed by atoms with Gasteiger partial charge in [-0.25, -0.2) is 0 Å². The molecule has 2 unspecified atom stereocenters. The summed E-state index contributed by atoms with van der Waals surface area (Å²) in [4.78, 5) is 26.1. The van der Waals surface area contributed by atoms with Crippen molar-refractivity contribution in [1.29, 1.82) is 0 Å². The Morgan fingerprint density at radius 3 is 2.81 bits per heavy atom. The largest absolute Gasteiger partial charge is 0.409 e. The molecule has 0 saturated carbocycles. The molecule has 1 saturated heterocycles. The molecule has 0 aromatic carbocycles. The van der Waals surface area contributed by atoms with Gasteiger partial charge in [0, 0.05) is 13.1 Å². The second kappa shape index (κ2) is 8.46. The average molecular weight is 300 g/mol. The van der Waals surface area contributed by atoms with E-state index >= 15 is 0 Å². The van der Waals surface area contributed by atoms with E-state index in [1.165, 1.54) is 4.90 Å². The van der Waals surface area contributed by atoms with Crippen molar-refractivity contribution in [3.63, 3.8) is 0 Å². The zero-order valence-corrected chi connectivity index (χ0v) is 12.5. The van der Waals surface area contributed by atoms with E-state index in [0.29, 0.717) is 26.1 Å². The third-order valence-electron chi connectivity index (χ3n) is 3.44. The number of morpholine rings is 1. The maximum atomic E-state index is 12.5. The topological polar surface area (TPSA) is 117 Å². The minimum Gasteiger partial charge on any atom is -0.409 e. The molecule has 1 aliphatic rings. The Balaban J connectivity index is 2.84. The average Bonchev–Trinajstić information content (AvgIpc) is 2.52. The molecule has 120 valence electrons. The second-order valence-electron chi connectivity index (χ2n) is 4.90. The smallest absolute Gasteiger partial charge is 0.245 e. The monoisotopic (exact) mass is 300 g/mol. The Hall–Kier alpha value is -1.83. The van der Waals surface area contributed by atoms with Gasteiger partial charge in [-0.05, 0) is 12.8 Å². The summed E-state index contributed by atoms with van der Waals surface area (Å²) in [6, 6.07) is -0.668. The first-order chi connectivity index (χ1) is 10.1. The second-order valence-corrected chi connectivity index (χ2v) is 4.90. The standard InChI is InChI=1S/C13H24N4O4/c1-3-5-15-12(18)10-8-21-7-6-17(10)13(19)9(4-2)11(14)16-20/h9-10,20H,3-8H2,1-2H3,(H2,14,16)(H,15,18). The van der Waals surface area contributed by atoms with Crippen molar-refractivity contribution in [3.05, 3.63) is 0 Å². The van der Waals surface area contributed by atoms with Gasteiger partial charge in [0.15, 0.2) is 5.84 Å². The first-order valence-electron chi connectivity index (χ1n) is 7.20. The highest BCUT2D eigenvalue weighted by Gasteiger charge is 2.36. The number of amidine groups is 1. The fourth-order valence-corrected chi connectivity index (χ4v) is 2.23.